The number of benzene rings is 1. The number of hydrogen-bond donors (Lipinski definition) is 2. The fourth-order valence-electron chi connectivity index (χ4n) is 1.84. The molecular weight excluding hydrogens is 270 g/mol. The van der Waals surface area contributed by atoms with Gasteiger partial charge < -0.3 is 10.4 Å². The van der Waals surface area contributed by atoms with Crippen LogP contribution in [0.5, 0.6) is 0 Å². The first-order chi connectivity index (χ1) is 10.1. The molecule has 6 nitrogen and oxygen atoms in total. The highest BCUT2D eigenvalue weighted by atomic mass is 16.4. The molecule has 0 saturated heterocycles. The molecule has 0 fully saturated rings. The van der Waals surface area contributed by atoms with Crippen LogP contribution in [0.2, 0.25) is 0 Å². The summed E-state index contributed by atoms with van der Waals surface area (Å²) in [6.45, 7) is 2.38. The van der Waals surface area contributed by atoms with Crippen molar-refractivity contribution in [3.8, 4) is 0 Å². The molecule has 6 heteroatoms. The Hall–Kier alpha value is -2.89. The zero-order valence-electron chi connectivity index (χ0n) is 11.5. The molecule has 2 N–H and O–H groups in total. The summed E-state index contributed by atoms with van der Waals surface area (Å²) >= 11 is 0. The van der Waals surface area contributed by atoms with E-state index in [1.807, 2.05) is 37.3 Å². The smallest absolute Gasteiger partial charge is 0.354 e. The van der Waals surface area contributed by atoms with Crippen LogP contribution < -0.4 is 10.2 Å². The number of nitrogens with zero attached hydrogens (tertiary/aromatic N) is 2. The topological polar surface area (TPSA) is 82.5 Å². The van der Waals surface area contributed by atoms with Gasteiger partial charge >= 0.3 is 12.0 Å². The lowest BCUT2D eigenvalue weighted by Gasteiger charge is -2.21. The van der Waals surface area contributed by atoms with Gasteiger partial charge in [0, 0.05) is 12.2 Å². The van der Waals surface area contributed by atoms with Crippen molar-refractivity contribution >= 4 is 23.4 Å². The maximum absolute atomic E-state index is 12.2. The zero-order valence-corrected chi connectivity index (χ0v) is 11.5. The Balaban J connectivity index is 2.11. The zero-order chi connectivity index (χ0) is 15.2. The number of rotatable bonds is 4. The average molecular weight is 285 g/mol. The number of aromatic carboxylic acids is 1. The van der Waals surface area contributed by atoms with Crippen LogP contribution in [0.15, 0.2) is 48.7 Å². The monoisotopic (exact) mass is 285 g/mol. The van der Waals surface area contributed by atoms with Crippen LogP contribution in [0.4, 0.5) is 16.2 Å². The first kappa shape index (κ1) is 14.5. The van der Waals surface area contributed by atoms with Gasteiger partial charge in [0.15, 0.2) is 0 Å². The number of carbonyl (C=O) groups is 2. The second-order valence-electron chi connectivity index (χ2n) is 4.25. The Morgan fingerprint density at radius 1 is 1.19 bits per heavy atom. The maximum Gasteiger partial charge on any atom is 0.354 e. The van der Waals surface area contributed by atoms with Crippen LogP contribution in [0, 0.1) is 0 Å². The molecule has 0 unspecified atom stereocenters. The molecule has 0 aliphatic heterocycles. The van der Waals surface area contributed by atoms with Crippen molar-refractivity contribution in [1.82, 2.24) is 4.98 Å². The molecule has 0 spiro atoms. The highest BCUT2D eigenvalue weighted by molar-refractivity contribution is 6.01. The summed E-state index contributed by atoms with van der Waals surface area (Å²) in [5.41, 5.74) is 1.16. The van der Waals surface area contributed by atoms with Crippen molar-refractivity contribution in [3.63, 3.8) is 0 Å². The van der Waals surface area contributed by atoms with Crippen molar-refractivity contribution in [2.45, 2.75) is 6.92 Å². The van der Waals surface area contributed by atoms with Crippen LogP contribution in [0.1, 0.15) is 17.4 Å². The third-order valence-corrected chi connectivity index (χ3v) is 2.86. The van der Waals surface area contributed by atoms with E-state index >= 15 is 0 Å². The molecule has 2 amide bonds. The summed E-state index contributed by atoms with van der Waals surface area (Å²) in [6, 6.07) is 11.8. The average Bonchev–Trinajstić information content (AvgIpc) is 2.49. The number of carboxylic acids is 1. The largest absolute Gasteiger partial charge is 0.477 e. The Kier molecular flexibility index (Phi) is 4.50. The third-order valence-electron chi connectivity index (χ3n) is 2.86. The standard InChI is InChI=1S/C15H15N3O3/c1-2-18(12-6-4-3-5-7-12)15(21)17-11-8-9-13(14(19)20)16-10-11/h3-10H,2H2,1H3,(H,17,21)(H,19,20). The van der Waals surface area contributed by atoms with Crippen molar-refractivity contribution in [1.29, 1.82) is 0 Å². The van der Waals surface area contributed by atoms with Gasteiger partial charge in [0.1, 0.15) is 5.69 Å². The molecule has 0 bridgehead atoms. The summed E-state index contributed by atoms with van der Waals surface area (Å²) in [5, 5.41) is 11.5. The first-order valence-electron chi connectivity index (χ1n) is 6.44. The summed E-state index contributed by atoms with van der Waals surface area (Å²) in [7, 11) is 0. The minimum absolute atomic E-state index is 0.0663. The van der Waals surface area contributed by atoms with E-state index in [0.29, 0.717) is 12.2 Å². The number of anilines is 2. The number of carboxylic acid groups (broad SMARTS) is 1. The quantitative estimate of drug-likeness (QED) is 0.904. The van der Waals surface area contributed by atoms with Gasteiger partial charge in [-0.05, 0) is 31.2 Å². The molecule has 0 atom stereocenters. The van der Waals surface area contributed by atoms with Gasteiger partial charge in [0.25, 0.3) is 0 Å². The van der Waals surface area contributed by atoms with Gasteiger partial charge in [-0.15, -0.1) is 0 Å². The Morgan fingerprint density at radius 3 is 2.43 bits per heavy atom. The highest BCUT2D eigenvalue weighted by Gasteiger charge is 2.14. The number of urea groups is 1. The predicted octanol–water partition coefficient (Wildman–Crippen LogP) is 2.84. The van der Waals surface area contributed by atoms with E-state index in [4.69, 9.17) is 5.11 Å². The predicted molar refractivity (Wildman–Crippen MR) is 79.7 cm³/mol. The fourth-order valence-corrected chi connectivity index (χ4v) is 1.84. The van der Waals surface area contributed by atoms with Gasteiger partial charge in [0.2, 0.25) is 0 Å². The fraction of sp³-hybridized carbons (Fsp3) is 0.133. The summed E-state index contributed by atoms with van der Waals surface area (Å²) in [5.74, 6) is -1.10. The number of para-hydroxylation sites is 1. The normalized spacial score (nSPS) is 9.95. The van der Waals surface area contributed by atoms with Gasteiger partial charge in [-0.3, -0.25) is 4.90 Å². The maximum atomic E-state index is 12.2. The van der Waals surface area contributed by atoms with E-state index in [-0.39, 0.29) is 11.7 Å². The molecule has 0 aliphatic carbocycles. The van der Waals surface area contributed by atoms with Crippen LogP contribution in [0.3, 0.4) is 0 Å². The molecule has 21 heavy (non-hydrogen) atoms. The number of carbonyl (C=O) groups excluding carboxylic acids is 1. The van der Waals surface area contributed by atoms with E-state index < -0.39 is 5.97 Å². The van der Waals surface area contributed by atoms with Gasteiger partial charge in [-0.2, -0.15) is 0 Å². The van der Waals surface area contributed by atoms with Crippen molar-refractivity contribution < 1.29 is 14.7 Å². The molecular formula is C15H15N3O3. The Labute approximate surface area is 122 Å². The van der Waals surface area contributed by atoms with E-state index in [9.17, 15) is 9.59 Å². The van der Waals surface area contributed by atoms with E-state index in [2.05, 4.69) is 10.3 Å². The minimum atomic E-state index is -1.10. The lowest BCUT2D eigenvalue weighted by Crippen LogP contribution is -2.34. The Morgan fingerprint density at radius 2 is 1.90 bits per heavy atom. The first-order valence-corrected chi connectivity index (χ1v) is 6.44. The van der Waals surface area contributed by atoms with Crippen LogP contribution in [-0.2, 0) is 0 Å². The second-order valence-corrected chi connectivity index (χ2v) is 4.25. The molecule has 2 rings (SSSR count). The Bertz CT molecular complexity index is 626. The molecule has 0 aliphatic rings. The van der Waals surface area contributed by atoms with E-state index in [1.165, 1.54) is 18.3 Å². The lowest BCUT2D eigenvalue weighted by atomic mass is 10.3. The lowest BCUT2D eigenvalue weighted by molar-refractivity contribution is 0.0690. The van der Waals surface area contributed by atoms with E-state index in [0.717, 1.165) is 5.69 Å². The highest BCUT2D eigenvalue weighted by Crippen LogP contribution is 2.15. The second kappa shape index (κ2) is 6.51. The van der Waals surface area contributed by atoms with Crippen molar-refractivity contribution in [2.75, 3.05) is 16.8 Å². The van der Waals surface area contributed by atoms with E-state index in [1.54, 1.807) is 4.90 Å². The van der Waals surface area contributed by atoms with Gasteiger partial charge in [-0.1, -0.05) is 18.2 Å². The van der Waals surface area contributed by atoms with Gasteiger partial charge in [0.05, 0.1) is 11.9 Å². The number of aromatic nitrogens is 1. The molecule has 108 valence electrons. The van der Waals surface area contributed by atoms with Crippen LogP contribution in [0.25, 0.3) is 0 Å². The molecule has 1 heterocycles. The minimum Gasteiger partial charge on any atom is -0.477 e. The van der Waals surface area contributed by atoms with Gasteiger partial charge in [-0.25, -0.2) is 14.6 Å². The number of amides is 2. The molecule has 1 aromatic carbocycles. The molecule has 0 saturated carbocycles. The number of pyridine rings is 1. The summed E-state index contributed by atoms with van der Waals surface area (Å²) < 4.78 is 0. The third kappa shape index (κ3) is 3.56. The van der Waals surface area contributed by atoms with Crippen molar-refractivity contribution in [2.24, 2.45) is 0 Å². The number of hydrogen-bond acceptors (Lipinski definition) is 3. The number of nitrogens with one attached hydrogen (secondary N) is 1. The summed E-state index contributed by atoms with van der Waals surface area (Å²) in [4.78, 5) is 28.3. The SMILES string of the molecule is CCN(C(=O)Nc1ccc(C(=O)O)nc1)c1ccccc1. The van der Waals surface area contributed by atoms with Crippen LogP contribution >= 0.6 is 0 Å². The molecule has 1 aromatic heterocycles. The summed E-state index contributed by atoms with van der Waals surface area (Å²) in [6.07, 6.45) is 1.32. The molecule has 0 radical (unpaired) electrons. The van der Waals surface area contributed by atoms with Crippen LogP contribution in [-0.4, -0.2) is 28.6 Å². The van der Waals surface area contributed by atoms with Crippen molar-refractivity contribution in [3.05, 3.63) is 54.4 Å². The molecule has 2 aromatic rings.